The molecule has 4 aromatic rings. The van der Waals surface area contributed by atoms with Crippen LogP contribution in [0.15, 0.2) is 112 Å². The number of thioether (sulfide) groups is 1. The van der Waals surface area contributed by atoms with E-state index in [1.165, 1.54) is 40.3 Å². The Morgan fingerprint density at radius 1 is 0.800 bits per heavy atom. The van der Waals surface area contributed by atoms with E-state index in [4.69, 9.17) is 0 Å². The summed E-state index contributed by atoms with van der Waals surface area (Å²) >= 11 is 1.53. The highest BCUT2D eigenvalue weighted by Crippen LogP contribution is 2.26. The Bertz CT molecular complexity index is 1700. The van der Waals surface area contributed by atoms with Gasteiger partial charge in [0.25, 0.3) is 26.0 Å². The Morgan fingerprint density at radius 3 is 2.00 bits per heavy atom. The lowest BCUT2D eigenvalue weighted by atomic mass is 10.2. The fourth-order valence-electron chi connectivity index (χ4n) is 3.99. The van der Waals surface area contributed by atoms with E-state index in [1.54, 1.807) is 73.7 Å². The summed E-state index contributed by atoms with van der Waals surface area (Å²) in [4.78, 5) is 14.0. The van der Waals surface area contributed by atoms with Crippen LogP contribution in [0.2, 0.25) is 0 Å². The van der Waals surface area contributed by atoms with Gasteiger partial charge in [-0.3, -0.25) is 13.8 Å². The summed E-state index contributed by atoms with van der Waals surface area (Å²) in [5.74, 6) is -0.418. The third-order valence-electron chi connectivity index (χ3n) is 6.04. The molecule has 0 radical (unpaired) electrons. The average molecular weight is 596 g/mol. The van der Waals surface area contributed by atoms with Gasteiger partial charge in [-0.15, -0.1) is 11.8 Å². The van der Waals surface area contributed by atoms with Crippen molar-refractivity contribution in [1.82, 2.24) is 0 Å². The molecular formula is C29H29N3O5S3. The Hall–Kier alpha value is -3.80. The Kier molecular flexibility index (Phi) is 8.87. The molecule has 4 aromatic carbocycles. The molecule has 4 rings (SSSR count). The van der Waals surface area contributed by atoms with Gasteiger partial charge in [-0.05, 0) is 111 Å². The Morgan fingerprint density at radius 2 is 1.43 bits per heavy atom. The summed E-state index contributed by atoms with van der Waals surface area (Å²) in [6.07, 6.45) is 1.92. The van der Waals surface area contributed by atoms with Crippen molar-refractivity contribution in [2.75, 3.05) is 27.1 Å². The lowest BCUT2D eigenvalue weighted by Gasteiger charge is -2.23. The monoisotopic (exact) mass is 595 g/mol. The van der Waals surface area contributed by atoms with E-state index in [2.05, 4.69) is 10.0 Å². The number of benzene rings is 4. The van der Waals surface area contributed by atoms with Crippen LogP contribution < -0.4 is 14.3 Å². The van der Waals surface area contributed by atoms with E-state index in [0.717, 1.165) is 10.5 Å². The first-order valence-corrected chi connectivity index (χ1v) is 16.5. The molecule has 0 saturated heterocycles. The molecule has 0 bridgehead atoms. The van der Waals surface area contributed by atoms with Crippen LogP contribution in [0.1, 0.15) is 22.8 Å². The minimum absolute atomic E-state index is 0.0558. The first kappa shape index (κ1) is 29.2. The molecule has 2 N–H and O–H groups in total. The van der Waals surface area contributed by atoms with E-state index in [9.17, 15) is 21.6 Å². The summed E-state index contributed by atoms with van der Waals surface area (Å²) in [7, 11) is -7.58. The molecule has 8 nitrogen and oxygen atoms in total. The molecule has 0 unspecified atom stereocenters. The molecule has 11 heteroatoms. The number of hydrogen-bond acceptors (Lipinski definition) is 6. The summed E-state index contributed by atoms with van der Waals surface area (Å²) in [6.45, 7) is 3.83. The maximum absolute atomic E-state index is 13.2. The number of sulfonamides is 2. The van der Waals surface area contributed by atoms with Gasteiger partial charge in [-0.1, -0.05) is 12.1 Å². The number of carbonyl (C=O) groups is 1. The second-order valence-electron chi connectivity index (χ2n) is 8.85. The molecule has 0 saturated carbocycles. The summed E-state index contributed by atoms with van der Waals surface area (Å²) < 4.78 is 55.7. The summed E-state index contributed by atoms with van der Waals surface area (Å²) in [5, 5.41) is 2.74. The lowest BCUT2D eigenvalue weighted by Crippen LogP contribution is -2.30. The molecule has 0 aromatic heterocycles. The number of nitrogens with one attached hydrogen (secondary N) is 2. The van der Waals surface area contributed by atoms with Crippen molar-refractivity contribution in [2.24, 2.45) is 0 Å². The van der Waals surface area contributed by atoms with Gasteiger partial charge in [0, 0.05) is 28.4 Å². The van der Waals surface area contributed by atoms with Crippen LogP contribution in [-0.2, 0) is 20.0 Å². The normalized spacial score (nSPS) is 11.6. The van der Waals surface area contributed by atoms with Gasteiger partial charge in [0.1, 0.15) is 0 Å². The maximum atomic E-state index is 13.2. The van der Waals surface area contributed by atoms with E-state index < -0.39 is 26.0 Å². The molecule has 0 aliphatic heterocycles. The zero-order chi connectivity index (χ0) is 28.9. The number of carbonyl (C=O) groups excluding carboxylic acids is 1. The van der Waals surface area contributed by atoms with Crippen molar-refractivity contribution in [3.8, 4) is 0 Å². The number of amides is 1. The van der Waals surface area contributed by atoms with E-state index in [1.807, 2.05) is 19.2 Å². The van der Waals surface area contributed by atoms with Crippen LogP contribution in [0.5, 0.6) is 0 Å². The van der Waals surface area contributed by atoms with Crippen LogP contribution in [0.25, 0.3) is 0 Å². The minimum atomic E-state index is -3.80. The van der Waals surface area contributed by atoms with Gasteiger partial charge >= 0.3 is 0 Å². The van der Waals surface area contributed by atoms with E-state index >= 15 is 0 Å². The first-order valence-electron chi connectivity index (χ1n) is 12.3. The van der Waals surface area contributed by atoms with E-state index in [0.29, 0.717) is 22.6 Å². The van der Waals surface area contributed by atoms with Crippen LogP contribution in [0.4, 0.5) is 17.1 Å². The summed E-state index contributed by atoms with van der Waals surface area (Å²) in [6, 6.07) is 25.8. The zero-order valence-corrected chi connectivity index (χ0v) is 24.6. The fraction of sp³-hybridized carbons (Fsp3) is 0.138. The number of rotatable bonds is 10. The molecule has 0 aliphatic carbocycles. The highest BCUT2D eigenvalue weighted by molar-refractivity contribution is 7.98. The average Bonchev–Trinajstić information content (AvgIpc) is 2.94. The second-order valence-corrected chi connectivity index (χ2v) is 13.3. The summed E-state index contributed by atoms with van der Waals surface area (Å²) in [5.41, 5.74) is 2.55. The highest BCUT2D eigenvalue weighted by Gasteiger charge is 2.24. The topological polar surface area (TPSA) is 113 Å². The standard InChI is InChI=1S/C29H29N3O5S3/c1-4-32(40(36,37)28-18-14-26(38-3)15-19-28)25-12-8-22(9-13-25)29(33)30-23-10-16-27(17-11-23)39(34,35)31-24-7-5-6-21(2)20-24/h5-20,31H,4H2,1-3H3,(H,30,33). The van der Waals surface area contributed by atoms with Gasteiger partial charge < -0.3 is 5.32 Å². The van der Waals surface area contributed by atoms with Crippen LogP contribution in [0, 0.1) is 6.92 Å². The third kappa shape index (κ3) is 6.67. The van der Waals surface area contributed by atoms with Crippen LogP contribution in [0.3, 0.4) is 0 Å². The number of aryl methyl sites for hydroxylation is 1. The maximum Gasteiger partial charge on any atom is 0.264 e. The van der Waals surface area contributed by atoms with Crippen molar-refractivity contribution < 1.29 is 21.6 Å². The predicted octanol–water partition coefficient (Wildman–Crippen LogP) is 5.99. The molecule has 0 heterocycles. The molecule has 0 atom stereocenters. The Labute approximate surface area is 239 Å². The van der Waals surface area contributed by atoms with Gasteiger partial charge in [0.05, 0.1) is 15.5 Å². The fourth-order valence-corrected chi connectivity index (χ4v) is 6.92. The van der Waals surface area contributed by atoms with Gasteiger partial charge in [-0.25, -0.2) is 16.8 Å². The Balaban J connectivity index is 1.44. The van der Waals surface area contributed by atoms with Crippen LogP contribution in [-0.4, -0.2) is 35.5 Å². The smallest absolute Gasteiger partial charge is 0.264 e. The van der Waals surface area contributed by atoms with E-state index in [-0.39, 0.29) is 16.3 Å². The third-order valence-corrected chi connectivity index (χ3v) is 10.1. The molecule has 0 aliphatic rings. The predicted molar refractivity (Wildman–Crippen MR) is 161 cm³/mol. The van der Waals surface area contributed by atoms with Crippen molar-refractivity contribution in [3.63, 3.8) is 0 Å². The molecule has 0 spiro atoms. The molecule has 208 valence electrons. The van der Waals surface area contributed by atoms with Crippen molar-refractivity contribution in [3.05, 3.63) is 108 Å². The second kappa shape index (κ2) is 12.2. The van der Waals surface area contributed by atoms with Crippen molar-refractivity contribution in [2.45, 2.75) is 28.5 Å². The quantitative estimate of drug-likeness (QED) is 0.218. The SMILES string of the molecule is CCN(c1ccc(C(=O)Nc2ccc(S(=O)(=O)Nc3cccc(C)c3)cc2)cc1)S(=O)(=O)c1ccc(SC)cc1. The molecule has 0 fully saturated rings. The van der Waals surface area contributed by atoms with Gasteiger partial charge in [0.15, 0.2) is 0 Å². The largest absolute Gasteiger partial charge is 0.322 e. The molecule has 40 heavy (non-hydrogen) atoms. The van der Waals surface area contributed by atoms with Gasteiger partial charge in [0.2, 0.25) is 0 Å². The highest BCUT2D eigenvalue weighted by atomic mass is 32.2. The zero-order valence-electron chi connectivity index (χ0n) is 22.2. The number of nitrogens with zero attached hydrogens (tertiary/aromatic N) is 1. The number of anilines is 3. The minimum Gasteiger partial charge on any atom is -0.322 e. The lowest BCUT2D eigenvalue weighted by molar-refractivity contribution is 0.102. The van der Waals surface area contributed by atoms with Crippen LogP contribution >= 0.6 is 11.8 Å². The van der Waals surface area contributed by atoms with Crippen molar-refractivity contribution in [1.29, 1.82) is 0 Å². The van der Waals surface area contributed by atoms with Gasteiger partial charge in [-0.2, -0.15) is 0 Å². The first-order chi connectivity index (χ1) is 19.0. The number of hydrogen-bond donors (Lipinski definition) is 2. The molecule has 1 amide bonds. The van der Waals surface area contributed by atoms with Crippen molar-refractivity contribution >= 4 is 54.8 Å². The molecular weight excluding hydrogens is 567 g/mol.